The van der Waals surface area contributed by atoms with E-state index in [0.29, 0.717) is 0 Å². The molecule has 0 unspecified atom stereocenters. The van der Waals surface area contributed by atoms with E-state index in [0.717, 1.165) is 12.1 Å². The number of nitrogens with zero attached hydrogens (tertiary/aromatic N) is 1. The molecule has 16 heavy (non-hydrogen) atoms. The van der Waals surface area contributed by atoms with Crippen molar-refractivity contribution in [2.75, 3.05) is 6.54 Å². The van der Waals surface area contributed by atoms with Gasteiger partial charge in [0.2, 0.25) is 0 Å². The molecule has 0 atom stereocenters. The summed E-state index contributed by atoms with van der Waals surface area (Å²) in [7, 11) is 0. The molecule has 1 fully saturated rings. The Morgan fingerprint density at radius 1 is 0.938 bits per heavy atom. The second-order valence-corrected chi connectivity index (χ2v) is 16.0. The third kappa shape index (κ3) is 5.44. The topological polar surface area (TPSA) is 3.24 Å². The Hall–Kier alpha value is 0.830. The normalized spacial score (nSPS) is 17.1. The molecule has 0 radical (unpaired) electrons. The molecule has 1 rings (SSSR count). The van der Waals surface area contributed by atoms with Crippen LogP contribution in [-0.2, 0) is 0 Å². The van der Waals surface area contributed by atoms with Crippen molar-refractivity contribution in [2.45, 2.75) is 78.0 Å². The first-order chi connectivity index (χ1) is 7.61. The van der Waals surface area contributed by atoms with Crippen LogP contribution in [0.25, 0.3) is 0 Å². The fraction of sp³-hybridized carbons (Fsp3) is 1.00. The molecule has 1 nitrogen and oxygen atoms in total. The Labute approximate surface area is 111 Å². The molecule has 1 aliphatic rings. The number of rotatable bonds is 7. The Bertz CT molecular complexity index is 166. The first-order valence-corrected chi connectivity index (χ1v) is 14.4. The van der Waals surface area contributed by atoms with E-state index < -0.39 is 21.4 Å². The molecule has 1 aliphatic heterocycles. The number of hydrogen-bond donors (Lipinski definition) is 0. The summed E-state index contributed by atoms with van der Waals surface area (Å²) in [5.41, 5.74) is 0. The fourth-order valence-electron chi connectivity index (χ4n) is 3.14. The SMILES string of the molecule is CC(C)N(CCC[CH2][In]1[CH2]CC[CH2]1)C(C)C. The van der Waals surface area contributed by atoms with Gasteiger partial charge in [-0.15, -0.1) is 0 Å². The average molecular weight is 327 g/mol. The Kier molecular flexibility index (Phi) is 7.47. The van der Waals surface area contributed by atoms with E-state index in [2.05, 4.69) is 32.6 Å². The van der Waals surface area contributed by atoms with Crippen LogP contribution in [0.1, 0.15) is 53.4 Å². The van der Waals surface area contributed by atoms with Crippen LogP contribution in [0, 0.1) is 0 Å². The summed E-state index contributed by atoms with van der Waals surface area (Å²) in [5.74, 6) is 0. The van der Waals surface area contributed by atoms with Crippen molar-refractivity contribution in [1.29, 1.82) is 0 Å². The first-order valence-electron chi connectivity index (χ1n) is 7.37. The van der Waals surface area contributed by atoms with Crippen LogP contribution in [0.15, 0.2) is 0 Å². The second kappa shape index (κ2) is 8.02. The van der Waals surface area contributed by atoms with Gasteiger partial charge in [-0.25, -0.2) is 0 Å². The molecule has 0 aliphatic carbocycles. The minimum absolute atomic E-state index is 0.718. The predicted octanol–water partition coefficient (Wildman–Crippen LogP) is 4.17. The summed E-state index contributed by atoms with van der Waals surface area (Å²) in [6.45, 7) is 10.6. The maximum atomic E-state index is 2.64. The van der Waals surface area contributed by atoms with Crippen molar-refractivity contribution < 1.29 is 0 Å². The van der Waals surface area contributed by atoms with Crippen molar-refractivity contribution in [3.63, 3.8) is 0 Å². The molecule has 0 aromatic rings. The van der Waals surface area contributed by atoms with Gasteiger partial charge in [-0.2, -0.15) is 0 Å². The molecule has 1 heterocycles. The quantitative estimate of drug-likeness (QED) is 0.634. The van der Waals surface area contributed by atoms with Crippen LogP contribution < -0.4 is 0 Å². The summed E-state index contributed by atoms with van der Waals surface area (Å²) in [6.07, 6.45) is 6.16. The molecule has 0 amide bonds. The van der Waals surface area contributed by atoms with Gasteiger partial charge in [0.25, 0.3) is 0 Å². The van der Waals surface area contributed by atoms with E-state index >= 15 is 0 Å². The van der Waals surface area contributed by atoms with Gasteiger partial charge in [-0.3, -0.25) is 0 Å². The van der Waals surface area contributed by atoms with Crippen molar-refractivity contribution in [2.24, 2.45) is 0 Å². The monoisotopic (exact) mass is 327 g/mol. The third-order valence-electron chi connectivity index (χ3n) is 4.08. The fourth-order valence-corrected chi connectivity index (χ4v) is 13.0. The molecule has 0 bridgehead atoms. The van der Waals surface area contributed by atoms with Crippen LogP contribution in [0.4, 0.5) is 0 Å². The first kappa shape index (κ1) is 14.9. The van der Waals surface area contributed by atoms with Gasteiger partial charge < -0.3 is 0 Å². The van der Waals surface area contributed by atoms with Crippen LogP contribution in [0.3, 0.4) is 0 Å². The van der Waals surface area contributed by atoms with Gasteiger partial charge in [-0.05, 0) is 0 Å². The van der Waals surface area contributed by atoms with Gasteiger partial charge in [-0.1, -0.05) is 0 Å². The second-order valence-electron chi connectivity index (χ2n) is 6.07. The van der Waals surface area contributed by atoms with Gasteiger partial charge in [0.1, 0.15) is 0 Å². The van der Waals surface area contributed by atoms with Crippen molar-refractivity contribution >= 4 is 21.4 Å². The molecule has 2 heteroatoms. The van der Waals surface area contributed by atoms with E-state index in [9.17, 15) is 0 Å². The Morgan fingerprint density at radius 2 is 1.50 bits per heavy atom. The van der Waals surface area contributed by atoms with E-state index in [1.807, 2.05) is 0 Å². The molecule has 0 spiro atoms. The summed E-state index contributed by atoms with van der Waals surface area (Å²) in [5, 5.41) is 0. The third-order valence-corrected chi connectivity index (χ3v) is 14.6. The summed E-state index contributed by atoms with van der Waals surface area (Å²) >= 11 is -0.871. The van der Waals surface area contributed by atoms with Gasteiger partial charge in [0.05, 0.1) is 0 Å². The van der Waals surface area contributed by atoms with Crippen LogP contribution in [0.5, 0.6) is 0 Å². The summed E-state index contributed by atoms with van der Waals surface area (Å²) < 4.78 is 5.14. The maximum absolute atomic E-state index is 2.64. The molecule has 0 aromatic carbocycles. The average Bonchev–Trinajstić information content (AvgIpc) is 2.68. The molecule has 1 saturated heterocycles. The van der Waals surface area contributed by atoms with Crippen LogP contribution in [0.2, 0.25) is 12.5 Å². The Balaban J connectivity index is 2.08. The van der Waals surface area contributed by atoms with Gasteiger partial charge in [0, 0.05) is 0 Å². The van der Waals surface area contributed by atoms with E-state index in [1.165, 1.54) is 19.4 Å². The Morgan fingerprint density at radius 3 is 2.00 bits per heavy atom. The summed E-state index contributed by atoms with van der Waals surface area (Å²) in [4.78, 5) is 2.64. The molecule has 0 N–H and O–H groups in total. The van der Waals surface area contributed by atoms with Crippen molar-refractivity contribution in [3.8, 4) is 0 Å². The molecular weight excluding hydrogens is 297 g/mol. The van der Waals surface area contributed by atoms with Crippen LogP contribution in [-0.4, -0.2) is 45.0 Å². The van der Waals surface area contributed by atoms with E-state index in [4.69, 9.17) is 0 Å². The zero-order valence-electron chi connectivity index (χ0n) is 11.8. The standard InChI is InChI=1S/C10H22N.C4H8.In/c1-6-7-8-11(9(2)3)10(4)5;1-3-4-2;/h9-10H,1,6-8H2,2-5H3;1-4H2;. The van der Waals surface area contributed by atoms with Crippen LogP contribution >= 0.6 is 0 Å². The minimum atomic E-state index is -0.871. The van der Waals surface area contributed by atoms with Gasteiger partial charge in [0.15, 0.2) is 0 Å². The van der Waals surface area contributed by atoms with E-state index in [1.54, 1.807) is 25.4 Å². The zero-order chi connectivity index (χ0) is 12.0. The van der Waals surface area contributed by atoms with Gasteiger partial charge >= 0.3 is 111 Å². The van der Waals surface area contributed by atoms with Crippen molar-refractivity contribution in [1.82, 2.24) is 4.90 Å². The molecular formula is C14H30InN. The zero-order valence-corrected chi connectivity index (χ0v) is 15.1. The molecule has 94 valence electrons. The van der Waals surface area contributed by atoms with E-state index in [-0.39, 0.29) is 0 Å². The predicted molar refractivity (Wildman–Crippen MR) is 75.6 cm³/mol. The number of hydrogen-bond acceptors (Lipinski definition) is 1. The molecule has 0 saturated carbocycles. The summed E-state index contributed by atoms with van der Waals surface area (Å²) in [6, 6.07) is 1.44. The van der Waals surface area contributed by atoms with Crippen molar-refractivity contribution in [3.05, 3.63) is 0 Å². The number of unbranched alkanes of at least 4 members (excludes halogenated alkanes) is 1. The molecule has 0 aromatic heterocycles.